The summed E-state index contributed by atoms with van der Waals surface area (Å²) in [5, 5.41) is 14.4. The van der Waals surface area contributed by atoms with Crippen molar-refractivity contribution in [2.24, 2.45) is 5.10 Å². The summed E-state index contributed by atoms with van der Waals surface area (Å²) in [5.74, 6) is 0.752. The first kappa shape index (κ1) is 18.2. The highest BCUT2D eigenvalue weighted by atomic mass is 19.4. The molecule has 2 aromatic carbocycles. The summed E-state index contributed by atoms with van der Waals surface area (Å²) in [4.78, 5) is 10.2. The molecule has 1 N–H and O–H groups in total. The number of non-ortho nitro benzene ring substituents is 1. The molecular weight excluding hydrogens is 363 g/mol. The van der Waals surface area contributed by atoms with Gasteiger partial charge >= 0.3 is 6.18 Å². The predicted octanol–water partition coefficient (Wildman–Crippen LogP) is 5.32. The number of hydrogen-bond donors (Lipinski definition) is 1. The molecule has 0 aliphatic rings. The first-order valence-electron chi connectivity index (χ1n) is 7.64. The smallest absolute Gasteiger partial charge is 0.418 e. The average molecular weight is 375 g/mol. The van der Waals surface area contributed by atoms with Crippen LogP contribution in [0, 0.1) is 10.1 Å². The Morgan fingerprint density at radius 2 is 1.74 bits per heavy atom. The third-order valence-electron chi connectivity index (χ3n) is 3.60. The maximum absolute atomic E-state index is 12.9. The topological polar surface area (TPSA) is 80.7 Å². The molecule has 1 heterocycles. The number of furan rings is 1. The molecule has 0 fully saturated rings. The number of alkyl halides is 3. The summed E-state index contributed by atoms with van der Waals surface area (Å²) in [6, 6.07) is 14.0. The number of nitrogens with one attached hydrogen (secondary N) is 1. The van der Waals surface area contributed by atoms with Crippen LogP contribution in [-0.4, -0.2) is 11.1 Å². The molecule has 3 aromatic rings. The van der Waals surface area contributed by atoms with Gasteiger partial charge in [0.1, 0.15) is 11.5 Å². The summed E-state index contributed by atoms with van der Waals surface area (Å²) in [6.45, 7) is 0. The number of hydrazone groups is 1. The Bertz CT molecular complexity index is 979. The van der Waals surface area contributed by atoms with E-state index in [1.807, 2.05) is 0 Å². The molecule has 0 unspecified atom stereocenters. The van der Waals surface area contributed by atoms with Crippen molar-refractivity contribution in [3.8, 4) is 11.3 Å². The Kier molecular flexibility index (Phi) is 4.93. The second-order valence-corrected chi connectivity index (χ2v) is 5.42. The van der Waals surface area contributed by atoms with E-state index in [2.05, 4.69) is 10.5 Å². The van der Waals surface area contributed by atoms with Crippen molar-refractivity contribution in [3.63, 3.8) is 0 Å². The van der Waals surface area contributed by atoms with Crippen molar-refractivity contribution in [1.29, 1.82) is 0 Å². The fourth-order valence-corrected chi connectivity index (χ4v) is 2.32. The third-order valence-corrected chi connectivity index (χ3v) is 3.60. The van der Waals surface area contributed by atoms with Gasteiger partial charge in [0, 0.05) is 17.7 Å². The molecule has 9 heteroatoms. The number of nitrogens with zero attached hydrogens (tertiary/aromatic N) is 2. The van der Waals surface area contributed by atoms with Crippen LogP contribution in [-0.2, 0) is 6.18 Å². The van der Waals surface area contributed by atoms with Crippen LogP contribution in [0.15, 0.2) is 70.2 Å². The van der Waals surface area contributed by atoms with Gasteiger partial charge in [0.25, 0.3) is 5.69 Å². The van der Waals surface area contributed by atoms with E-state index >= 15 is 0 Å². The lowest BCUT2D eigenvalue weighted by Crippen LogP contribution is -2.08. The van der Waals surface area contributed by atoms with Gasteiger partial charge in [-0.15, -0.1) is 0 Å². The minimum atomic E-state index is -4.49. The van der Waals surface area contributed by atoms with Gasteiger partial charge in [-0.05, 0) is 36.4 Å². The summed E-state index contributed by atoms with van der Waals surface area (Å²) in [7, 11) is 0. The van der Waals surface area contributed by atoms with Crippen molar-refractivity contribution in [1.82, 2.24) is 0 Å². The quantitative estimate of drug-likeness (QED) is 0.372. The van der Waals surface area contributed by atoms with Crippen LogP contribution in [0.4, 0.5) is 24.5 Å². The van der Waals surface area contributed by atoms with Gasteiger partial charge in [-0.1, -0.05) is 12.1 Å². The van der Waals surface area contributed by atoms with Crippen molar-refractivity contribution >= 4 is 17.6 Å². The SMILES string of the molecule is O=[N+]([O-])c1ccc(-c2ccc(/C=N\Nc3ccccc3C(F)(F)F)o2)cc1. The molecule has 0 amide bonds. The van der Waals surface area contributed by atoms with E-state index in [-0.39, 0.29) is 11.4 Å². The van der Waals surface area contributed by atoms with Gasteiger partial charge < -0.3 is 4.42 Å². The van der Waals surface area contributed by atoms with Crippen LogP contribution in [0.3, 0.4) is 0 Å². The summed E-state index contributed by atoms with van der Waals surface area (Å²) in [6.07, 6.45) is -3.26. The summed E-state index contributed by atoms with van der Waals surface area (Å²) in [5.41, 5.74) is 1.93. The van der Waals surface area contributed by atoms with Crippen molar-refractivity contribution in [3.05, 3.63) is 82.1 Å². The van der Waals surface area contributed by atoms with Gasteiger partial charge in [0.05, 0.1) is 22.4 Å². The number of rotatable bonds is 5. The molecule has 138 valence electrons. The monoisotopic (exact) mass is 375 g/mol. The minimum Gasteiger partial charge on any atom is -0.455 e. The molecule has 0 aliphatic carbocycles. The molecule has 27 heavy (non-hydrogen) atoms. The van der Waals surface area contributed by atoms with Crippen molar-refractivity contribution < 1.29 is 22.5 Å². The van der Waals surface area contributed by atoms with Crippen LogP contribution in [0.2, 0.25) is 0 Å². The Morgan fingerprint density at radius 1 is 1.04 bits per heavy atom. The van der Waals surface area contributed by atoms with Gasteiger partial charge in [-0.2, -0.15) is 18.3 Å². The normalized spacial score (nSPS) is 11.7. The number of halogens is 3. The Labute approximate surface area is 151 Å². The fourth-order valence-electron chi connectivity index (χ4n) is 2.32. The second-order valence-electron chi connectivity index (χ2n) is 5.42. The molecule has 3 rings (SSSR count). The van der Waals surface area contributed by atoms with Gasteiger partial charge in [0.2, 0.25) is 0 Å². The number of nitro benzene ring substituents is 1. The van der Waals surface area contributed by atoms with E-state index in [1.54, 1.807) is 12.1 Å². The first-order chi connectivity index (χ1) is 12.8. The lowest BCUT2D eigenvalue weighted by atomic mass is 10.1. The van der Waals surface area contributed by atoms with Gasteiger partial charge in [0.15, 0.2) is 0 Å². The molecule has 0 radical (unpaired) electrons. The van der Waals surface area contributed by atoms with Gasteiger partial charge in [-0.25, -0.2) is 0 Å². The van der Waals surface area contributed by atoms with Crippen LogP contribution < -0.4 is 5.43 Å². The third kappa shape index (κ3) is 4.32. The number of para-hydroxylation sites is 1. The van der Waals surface area contributed by atoms with Crippen LogP contribution in [0.25, 0.3) is 11.3 Å². The molecule has 0 saturated heterocycles. The molecule has 1 aromatic heterocycles. The van der Waals surface area contributed by atoms with Crippen molar-refractivity contribution in [2.45, 2.75) is 6.18 Å². The lowest BCUT2D eigenvalue weighted by Gasteiger charge is -2.11. The van der Waals surface area contributed by atoms with Gasteiger partial charge in [-0.3, -0.25) is 15.5 Å². The zero-order chi connectivity index (χ0) is 19.4. The van der Waals surface area contributed by atoms with Crippen LogP contribution in [0.5, 0.6) is 0 Å². The Morgan fingerprint density at radius 3 is 2.41 bits per heavy atom. The van der Waals surface area contributed by atoms with E-state index in [4.69, 9.17) is 4.42 Å². The van der Waals surface area contributed by atoms with E-state index < -0.39 is 16.7 Å². The second kappa shape index (κ2) is 7.32. The zero-order valence-corrected chi connectivity index (χ0v) is 13.6. The lowest BCUT2D eigenvalue weighted by molar-refractivity contribution is -0.384. The standard InChI is InChI=1S/C18H12F3N3O3/c19-18(20,21)15-3-1-2-4-16(15)23-22-11-14-9-10-17(27-14)12-5-7-13(8-6-12)24(25)26/h1-11,23H/b22-11-. The van der Waals surface area contributed by atoms with Crippen LogP contribution in [0.1, 0.15) is 11.3 Å². The molecule has 0 atom stereocenters. The highest BCUT2D eigenvalue weighted by Gasteiger charge is 2.33. The molecule has 6 nitrogen and oxygen atoms in total. The molecular formula is C18H12F3N3O3. The molecule has 0 spiro atoms. The largest absolute Gasteiger partial charge is 0.455 e. The average Bonchev–Trinajstić information content (AvgIpc) is 3.10. The van der Waals surface area contributed by atoms with Crippen molar-refractivity contribution in [2.75, 3.05) is 5.43 Å². The number of nitro groups is 1. The van der Waals surface area contributed by atoms with E-state index in [1.165, 1.54) is 48.7 Å². The molecule has 0 saturated carbocycles. The Hall–Kier alpha value is -3.62. The van der Waals surface area contributed by atoms with E-state index in [0.29, 0.717) is 17.1 Å². The molecule has 0 aliphatic heterocycles. The van der Waals surface area contributed by atoms with Crippen LogP contribution >= 0.6 is 0 Å². The maximum atomic E-state index is 12.9. The number of anilines is 1. The van der Waals surface area contributed by atoms with E-state index in [0.717, 1.165) is 6.07 Å². The summed E-state index contributed by atoms with van der Waals surface area (Å²) < 4.78 is 44.3. The molecule has 0 bridgehead atoms. The number of benzene rings is 2. The number of hydrogen-bond acceptors (Lipinski definition) is 5. The minimum absolute atomic E-state index is 0.0420. The Balaban J connectivity index is 1.72. The van der Waals surface area contributed by atoms with E-state index in [9.17, 15) is 23.3 Å². The maximum Gasteiger partial charge on any atom is 0.418 e. The first-order valence-corrected chi connectivity index (χ1v) is 7.64. The summed E-state index contributed by atoms with van der Waals surface area (Å²) >= 11 is 0. The highest BCUT2D eigenvalue weighted by Crippen LogP contribution is 2.34. The fraction of sp³-hybridized carbons (Fsp3) is 0.0556. The predicted molar refractivity (Wildman–Crippen MR) is 93.5 cm³/mol. The highest BCUT2D eigenvalue weighted by molar-refractivity contribution is 5.78. The zero-order valence-electron chi connectivity index (χ0n) is 13.6.